The highest BCUT2D eigenvalue weighted by Gasteiger charge is 2.19. The number of nitrogens with zero attached hydrogens (tertiary/aromatic N) is 1. The fraction of sp³-hybridized carbons (Fsp3) is 0.444. The van der Waals surface area contributed by atoms with Gasteiger partial charge in [-0.3, -0.25) is 10.1 Å². The van der Waals surface area contributed by atoms with Gasteiger partial charge in [0.05, 0.1) is 13.7 Å². The second kappa shape index (κ2) is 8.31. The Morgan fingerprint density at radius 1 is 1.36 bits per heavy atom. The number of piperidine rings is 1. The molecule has 134 valence electrons. The monoisotopic (exact) mass is 361 g/mol. The van der Waals surface area contributed by atoms with E-state index in [1.165, 1.54) is 4.88 Å². The number of carbonyl (C=O) groups is 1. The van der Waals surface area contributed by atoms with Crippen molar-refractivity contribution in [1.82, 2.24) is 10.3 Å². The lowest BCUT2D eigenvalue weighted by molar-refractivity contribution is 0.102. The van der Waals surface area contributed by atoms with E-state index in [0.29, 0.717) is 34.7 Å². The van der Waals surface area contributed by atoms with Crippen molar-refractivity contribution in [1.29, 1.82) is 0 Å². The summed E-state index contributed by atoms with van der Waals surface area (Å²) in [5, 5.41) is 6.87. The number of thiazole rings is 1. The van der Waals surface area contributed by atoms with Gasteiger partial charge in [-0.2, -0.15) is 0 Å². The normalized spacial score (nSPS) is 15.0. The van der Waals surface area contributed by atoms with Gasteiger partial charge in [0.2, 0.25) is 0 Å². The second-order valence-corrected chi connectivity index (χ2v) is 6.91. The Morgan fingerprint density at radius 3 is 2.88 bits per heavy atom. The van der Waals surface area contributed by atoms with Crippen molar-refractivity contribution in [3.63, 3.8) is 0 Å². The van der Waals surface area contributed by atoms with Gasteiger partial charge in [-0.05, 0) is 57.0 Å². The molecule has 0 spiro atoms. The maximum atomic E-state index is 12.5. The van der Waals surface area contributed by atoms with Gasteiger partial charge in [0.15, 0.2) is 16.6 Å². The molecule has 7 heteroatoms. The van der Waals surface area contributed by atoms with E-state index in [1.54, 1.807) is 36.6 Å². The molecule has 2 heterocycles. The van der Waals surface area contributed by atoms with Gasteiger partial charge in [0.1, 0.15) is 0 Å². The maximum Gasteiger partial charge on any atom is 0.257 e. The summed E-state index contributed by atoms with van der Waals surface area (Å²) in [6.45, 7) is 4.52. The average Bonchev–Trinajstić information content (AvgIpc) is 3.11. The fourth-order valence-electron chi connectivity index (χ4n) is 2.89. The molecule has 0 bridgehead atoms. The third-order valence-corrected chi connectivity index (χ3v) is 5.29. The molecule has 2 aromatic rings. The Morgan fingerprint density at radius 2 is 2.16 bits per heavy atom. The van der Waals surface area contributed by atoms with Crippen molar-refractivity contribution in [2.24, 2.45) is 0 Å². The number of aromatic nitrogens is 1. The first kappa shape index (κ1) is 17.7. The first-order chi connectivity index (χ1) is 12.2. The summed E-state index contributed by atoms with van der Waals surface area (Å²) in [5.41, 5.74) is 0.513. The van der Waals surface area contributed by atoms with Gasteiger partial charge in [0, 0.05) is 16.6 Å². The minimum absolute atomic E-state index is 0.201. The smallest absolute Gasteiger partial charge is 0.257 e. The molecule has 0 unspecified atom stereocenters. The predicted octanol–water partition coefficient (Wildman–Crippen LogP) is 3.27. The van der Waals surface area contributed by atoms with Crippen molar-refractivity contribution in [2.45, 2.75) is 25.7 Å². The zero-order valence-electron chi connectivity index (χ0n) is 14.5. The van der Waals surface area contributed by atoms with E-state index >= 15 is 0 Å². The molecule has 1 fully saturated rings. The molecular formula is C18H23N3O3S. The van der Waals surface area contributed by atoms with Gasteiger partial charge in [-0.1, -0.05) is 0 Å². The molecule has 1 aliphatic heterocycles. The third-order valence-electron chi connectivity index (χ3n) is 4.21. The fourth-order valence-corrected chi connectivity index (χ4v) is 3.87. The summed E-state index contributed by atoms with van der Waals surface area (Å²) in [6, 6.07) is 5.16. The van der Waals surface area contributed by atoms with Crippen molar-refractivity contribution < 1.29 is 14.3 Å². The van der Waals surface area contributed by atoms with Crippen LogP contribution in [-0.4, -0.2) is 37.7 Å². The standard InChI is InChI=1S/C18H23N3O3S/c1-3-24-14-5-4-13(10-15(14)23-2)17(22)21-18-20-11-16(25-18)12-6-8-19-9-7-12/h4-5,10-12,19H,3,6-9H2,1-2H3,(H,20,21,22). The van der Waals surface area contributed by atoms with E-state index < -0.39 is 0 Å². The van der Waals surface area contributed by atoms with E-state index in [4.69, 9.17) is 9.47 Å². The summed E-state index contributed by atoms with van der Waals surface area (Å²) in [5.74, 6) is 1.51. The van der Waals surface area contributed by atoms with Gasteiger partial charge in [-0.25, -0.2) is 4.98 Å². The molecule has 1 aromatic heterocycles. The molecule has 0 aliphatic carbocycles. The zero-order chi connectivity index (χ0) is 17.6. The van der Waals surface area contributed by atoms with Crippen molar-refractivity contribution in [3.8, 4) is 11.5 Å². The van der Waals surface area contributed by atoms with Crippen LogP contribution in [0, 0.1) is 0 Å². The minimum Gasteiger partial charge on any atom is -0.493 e. The van der Waals surface area contributed by atoms with Crippen LogP contribution < -0.4 is 20.1 Å². The van der Waals surface area contributed by atoms with Gasteiger partial charge < -0.3 is 14.8 Å². The number of hydrogen-bond donors (Lipinski definition) is 2. The quantitative estimate of drug-likeness (QED) is 0.826. The van der Waals surface area contributed by atoms with E-state index in [9.17, 15) is 4.79 Å². The number of amides is 1. The Labute approximate surface area is 151 Å². The van der Waals surface area contributed by atoms with Gasteiger partial charge >= 0.3 is 0 Å². The molecule has 0 saturated carbocycles. The van der Waals surface area contributed by atoms with Crippen LogP contribution in [0.1, 0.15) is 40.9 Å². The summed E-state index contributed by atoms with van der Waals surface area (Å²) in [7, 11) is 1.56. The second-order valence-electron chi connectivity index (χ2n) is 5.84. The molecule has 1 amide bonds. The highest BCUT2D eigenvalue weighted by molar-refractivity contribution is 7.15. The molecule has 1 aromatic carbocycles. The van der Waals surface area contributed by atoms with Crippen molar-refractivity contribution >= 4 is 22.4 Å². The van der Waals surface area contributed by atoms with E-state index in [-0.39, 0.29) is 5.91 Å². The zero-order valence-corrected chi connectivity index (χ0v) is 15.3. The van der Waals surface area contributed by atoms with E-state index in [1.807, 2.05) is 13.1 Å². The Kier molecular flexibility index (Phi) is 5.88. The first-order valence-electron chi connectivity index (χ1n) is 8.50. The third kappa shape index (κ3) is 4.29. The molecule has 1 aliphatic rings. The van der Waals surface area contributed by atoms with Crippen LogP contribution in [0.2, 0.25) is 0 Å². The molecule has 0 radical (unpaired) electrons. The van der Waals surface area contributed by atoms with Crippen LogP contribution in [0.5, 0.6) is 11.5 Å². The van der Waals surface area contributed by atoms with Crippen LogP contribution in [0.4, 0.5) is 5.13 Å². The average molecular weight is 361 g/mol. The number of anilines is 1. The van der Waals surface area contributed by atoms with Crippen LogP contribution in [0.15, 0.2) is 24.4 Å². The number of nitrogens with one attached hydrogen (secondary N) is 2. The predicted molar refractivity (Wildman–Crippen MR) is 99.1 cm³/mol. The van der Waals surface area contributed by atoms with Crippen LogP contribution >= 0.6 is 11.3 Å². The molecular weight excluding hydrogens is 338 g/mol. The topological polar surface area (TPSA) is 72.5 Å². The Hall–Kier alpha value is -2.12. The molecule has 1 saturated heterocycles. The number of rotatable bonds is 6. The van der Waals surface area contributed by atoms with E-state index in [0.717, 1.165) is 25.9 Å². The van der Waals surface area contributed by atoms with Crippen LogP contribution in [0.25, 0.3) is 0 Å². The van der Waals surface area contributed by atoms with Gasteiger partial charge in [0.25, 0.3) is 5.91 Å². The number of carbonyl (C=O) groups excluding carboxylic acids is 1. The molecule has 25 heavy (non-hydrogen) atoms. The van der Waals surface area contributed by atoms with Gasteiger partial charge in [-0.15, -0.1) is 11.3 Å². The summed E-state index contributed by atoms with van der Waals surface area (Å²) in [6.07, 6.45) is 4.12. The highest BCUT2D eigenvalue weighted by atomic mass is 32.1. The Balaban J connectivity index is 1.68. The SMILES string of the molecule is CCOc1ccc(C(=O)Nc2ncc(C3CCNCC3)s2)cc1OC. The highest BCUT2D eigenvalue weighted by Crippen LogP contribution is 2.32. The van der Waals surface area contributed by atoms with Crippen molar-refractivity contribution in [2.75, 3.05) is 32.1 Å². The largest absolute Gasteiger partial charge is 0.493 e. The van der Waals surface area contributed by atoms with E-state index in [2.05, 4.69) is 15.6 Å². The summed E-state index contributed by atoms with van der Waals surface area (Å²) >= 11 is 1.56. The Bertz CT molecular complexity index is 726. The van der Waals surface area contributed by atoms with Crippen LogP contribution in [0.3, 0.4) is 0 Å². The summed E-state index contributed by atoms with van der Waals surface area (Å²) in [4.78, 5) is 18.1. The first-order valence-corrected chi connectivity index (χ1v) is 9.31. The molecule has 0 atom stereocenters. The summed E-state index contributed by atoms with van der Waals surface area (Å²) < 4.78 is 10.8. The minimum atomic E-state index is -0.201. The molecule has 2 N–H and O–H groups in total. The van der Waals surface area contributed by atoms with Crippen LogP contribution in [-0.2, 0) is 0 Å². The lowest BCUT2D eigenvalue weighted by atomic mass is 9.97. The molecule has 6 nitrogen and oxygen atoms in total. The number of methoxy groups -OCH3 is 1. The number of hydrogen-bond acceptors (Lipinski definition) is 6. The van der Waals surface area contributed by atoms with Crippen molar-refractivity contribution in [3.05, 3.63) is 34.8 Å². The lowest BCUT2D eigenvalue weighted by Gasteiger charge is -2.20. The number of benzene rings is 1. The molecule has 3 rings (SSSR count). The number of ether oxygens (including phenoxy) is 2. The maximum absolute atomic E-state index is 12.5. The lowest BCUT2D eigenvalue weighted by Crippen LogP contribution is -2.26.